The Hall–Kier alpha value is -1.95. The van der Waals surface area contributed by atoms with E-state index in [9.17, 15) is 5.26 Å². The first-order valence-corrected chi connectivity index (χ1v) is 5.43. The molecule has 1 N–H and O–H groups in total. The second-order valence-electron chi connectivity index (χ2n) is 4.21. The van der Waals surface area contributed by atoms with Gasteiger partial charge in [0.05, 0.1) is 12.7 Å². The number of nitrogens with one attached hydrogen (secondary N) is 1. The number of nitrogens with zero attached hydrogens (tertiary/aromatic N) is 1. The molecule has 0 aliphatic heterocycles. The van der Waals surface area contributed by atoms with Gasteiger partial charge in [-0.3, -0.25) is 0 Å². The first kappa shape index (κ1) is 9.29. The Kier molecular flexibility index (Phi) is 1.90. The van der Waals surface area contributed by atoms with Crippen molar-refractivity contribution >= 4 is 10.9 Å². The molecule has 1 aliphatic rings. The van der Waals surface area contributed by atoms with Crippen molar-refractivity contribution in [1.82, 2.24) is 4.98 Å². The third kappa shape index (κ3) is 1.27. The third-order valence-corrected chi connectivity index (χ3v) is 3.13. The molecule has 1 aromatic heterocycles. The van der Waals surface area contributed by atoms with Crippen LogP contribution in [0.15, 0.2) is 18.2 Å². The summed E-state index contributed by atoms with van der Waals surface area (Å²) < 4.78 is 5.18. The van der Waals surface area contributed by atoms with Crippen LogP contribution in [0, 0.1) is 11.3 Å². The van der Waals surface area contributed by atoms with Gasteiger partial charge in [0.15, 0.2) is 0 Å². The van der Waals surface area contributed by atoms with Crippen LogP contribution in [0.1, 0.15) is 30.0 Å². The van der Waals surface area contributed by atoms with E-state index in [0.29, 0.717) is 5.92 Å². The third-order valence-electron chi connectivity index (χ3n) is 3.13. The molecule has 0 amide bonds. The highest BCUT2D eigenvalue weighted by Gasteiger charge is 2.29. The minimum absolute atomic E-state index is 0.563. The number of hydrogen-bond acceptors (Lipinski definition) is 2. The number of methoxy groups -OCH3 is 1. The number of aromatic amines is 1. The fourth-order valence-electron chi connectivity index (χ4n) is 2.12. The van der Waals surface area contributed by atoms with Crippen LogP contribution in [0.25, 0.3) is 10.9 Å². The van der Waals surface area contributed by atoms with Gasteiger partial charge in [-0.25, -0.2) is 0 Å². The summed E-state index contributed by atoms with van der Waals surface area (Å²) in [6.45, 7) is 0. The normalized spacial score (nSPS) is 15.0. The van der Waals surface area contributed by atoms with Crippen LogP contribution in [0.4, 0.5) is 0 Å². The van der Waals surface area contributed by atoms with Crippen molar-refractivity contribution < 1.29 is 4.74 Å². The lowest BCUT2D eigenvalue weighted by Gasteiger charge is -1.98. The van der Waals surface area contributed by atoms with Crippen molar-refractivity contribution in [2.75, 3.05) is 7.11 Å². The summed E-state index contributed by atoms with van der Waals surface area (Å²) in [6, 6.07) is 8.12. The van der Waals surface area contributed by atoms with Gasteiger partial charge < -0.3 is 9.72 Å². The molecule has 0 radical (unpaired) electrons. The molecular weight excluding hydrogens is 200 g/mol. The molecule has 1 aromatic carbocycles. The van der Waals surface area contributed by atoms with Crippen LogP contribution in [0.5, 0.6) is 5.75 Å². The lowest BCUT2D eigenvalue weighted by molar-refractivity contribution is 0.415. The van der Waals surface area contributed by atoms with Crippen LogP contribution < -0.4 is 4.74 Å². The second kappa shape index (κ2) is 3.28. The average molecular weight is 212 g/mol. The van der Waals surface area contributed by atoms with E-state index in [4.69, 9.17) is 4.74 Å². The molecule has 1 aliphatic carbocycles. The fraction of sp³-hybridized carbons (Fsp3) is 0.308. The molecular formula is C13H12N2O. The van der Waals surface area contributed by atoms with E-state index in [1.165, 1.54) is 12.8 Å². The van der Waals surface area contributed by atoms with E-state index in [0.717, 1.165) is 27.9 Å². The number of rotatable bonds is 2. The molecule has 80 valence electrons. The molecule has 0 saturated heterocycles. The summed E-state index contributed by atoms with van der Waals surface area (Å²) in [6.07, 6.45) is 2.39. The first-order valence-electron chi connectivity index (χ1n) is 5.43. The summed E-state index contributed by atoms with van der Waals surface area (Å²) in [5.74, 6) is 1.36. The van der Waals surface area contributed by atoms with Crippen molar-refractivity contribution in [3.63, 3.8) is 0 Å². The molecule has 0 atom stereocenters. The number of H-pyrrole nitrogens is 1. The van der Waals surface area contributed by atoms with E-state index in [1.54, 1.807) is 7.11 Å². The highest BCUT2D eigenvalue weighted by atomic mass is 16.5. The number of ether oxygens (including phenoxy) is 1. The van der Waals surface area contributed by atoms with Crippen LogP contribution >= 0.6 is 0 Å². The second-order valence-corrected chi connectivity index (χ2v) is 4.21. The van der Waals surface area contributed by atoms with Gasteiger partial charge in [-0.1, -0.05) is 0 Å². The van der Waals surface area contributed by atoms with E-state index in [2.05, 4.69) is 11.1 Å². The molecule has 3 nitrogen and oxygen atoms in total. The van der Waals surface area contributed by atoms with Crippen molar-refractivity contribution in [3.05, 3.63) is 29.5 Å². The molecule has 16 heavy (non-hydrogen) atoms. The van der Waals surface area contributed by atoms with Gasteiger partial charge in [0, 0.05) is 22.5 Å². The molecule has 3 heteroatoms. The molecule has 0 bridgehead atoms. The highest BCUT2D eigenvalue weighted by molar-refractivity contribution is 5.88. The predicted molar refractivity (Wildman–Crippen MR) is 61.5 cm³/mol. The molecule has 1 saturated carbocycles. The molecule has 1 heterocycles. The molecule has 3 rings (SSSR count). The van der Waals surface area contributed by atoms with Gasteiger partial charge in [0.25, 0.3) is 0 Å². The lowest BCUT2D eigenvalue weighted by Crippen LogP contribution is -1.83. The lowest BCUT2D eigenvalue weighted by atomic mass is 10.1. The van der Waals surface area contributed by atoms with Gasteiger partial charge >= 0.3 is 0 Å². The summed E-state index contributed by atoms with van der Waals surface area (Å²) in [7, 11) is 1.64. The Morgan fingerprint density at radius 1 is 1.44 bits per heavy atom. The van der Waals surface area contributed by atoms with Gasteiger partial charge in [0.1, 0.15) is 11.8 Å². The zero-order chi connectivity index (χ0) is 11.1. The Balaban J connectivity index is 2.27. The monoisotopic (exact) mass is 212 g/mol. The van der Waals surface area contributed by atoms with Gasteiger partial charge in [0.2, 0.25) is 0 Å². The zero-order valence-electron chi connectivity index (χ0n) is 9.08. The van der Waals surface area contributed by atoms with Crippen molar-refractivity contribution in [2.45, 2.75) is 18.8 Å². The smallest absolute Gasteiger partial charge is 0.119 e. The van der Waals surface area contributed by atoms with Crippen LogP contribution in [0.2, 0.25) is 0 Å². The fourth-order valence-corrected chi connectivity index (χ4v) is 2.12. The van der Waals surface area contributed by atoms with Crippen molar-refractivity contribution in [2.24, 2.45) is 0 Å². The number of nitriles is 1. The summed E-state index contributed by atoms with van der Waals surface area (Å²) in [5.41, 5.74) is 2.92. The maximum atomic E-state index is 9.23. The topological polar surface area (TPSA) is 48.8 Å². The van der Waals surface area contributed by atoms with E-state index < -0.39 is 0 Å². The van der Waals surface area contributed by atoms with Crippen molar-refractivity contribution in [3.8, 4) is 11.8 Å². The van der Waals surface area contributed by atoms with E-state index >= 15 is 0 Å². The van der Waals surface area contributed by atoms with E-state index in [-0.39, 0.29) is 0 Å². The number of aromatic nitrogens is 1. The van der Waals surface area contributed by atoms with Gasteiger partial charge in [-0.2, -0.15) is 5.26 Å². The standard InChI is InChI=1S/C13H12N2O/c1-16-9-4-5-12-10(6-9)11(7-14)13(15-12)8-2-3-8/h4-6,8,15H,2-3H2,1H3. The van der Waals surface area contributed by atoms with Crippen molar-refractivity contribution in [1.29, 1.82) is 5.26 Å². The van der Waals surface area contributed by atoms with Gasteiger partial charge in [-0.15, -0.1) is 0 Å². The zero-order valence-corrected chi connectivity index (χ0v) is 9.08. The Labute approximate surface area is 93.6 Å². The molecule has 2 aromatic rings. The SMILES string of the molecule is COc1ccc2[nH]c(C3CC3)c(C#N)c2c1. The summed E-state index contributed by atoms with van der Waals surface area (Å²) >= 11 is 0. The quantitative estimate of drug-likeness (QED) is 0.832. The maximum Gasteiger partial charge on any atom is 0.119 e. The van der Waals surface area contributed by atoms with E-state index in [1.807, 2.05) is 18.2 Å². The predicted octanol–water partition coefficient (Wildman–Crippen LogP) is 2.93. The Morgan fingerprint density at radius 2 is 2.25 bits per heavy atom. The van der Waals surface area contributed by atoms with Crippen LogP contribution in [0.3, 0.4) is 0 Å². The minimum Gasteiger partial charge on any atom is -0.497 e. The summed E-state index contributed by atoms with van der Waals surface area (Å²) in [4.78, 5) is 3.35. The first-order chi connectivity index (χ1) is 7.83. The number of hydrogen-bond donors (Lipinski definition) is 1. The average Bonchev–Trinajstić information content (AvgIpc) is 3.09. The molecule has 0 unspecified atom stereocenters. The largest absolute Gasteiger partial charge is 0.497 e. The number of fused-ring (bicyclic) bond motifs is 1. The van der Waals surface area contributed by atoms with Crippen LogP contribution in [-0.4, -0.2) is 12.1 Å². The molecule has 0 spiro atoms. The Morgan fingerprint density at radius 3 is 2.88 bits per heavy atom. The minimum atomic E-state index is 0.563. The molecule has 1 fully saturated rings. The summed E-state index contributed by atoms with van der Waals surface area (Å²) in [5, 5.41) is 10.2. The Bertz CT molecular complexity index is 588. The van der Waals surface area contributed by atoms with Crippen LogP contribution in [-0.2, 0) is 0 Å². The highest BCUT2D eigenvalue weighted by Crippen LogP contribution is 2.43. The maximum absolute atomic E-state index is 9.23. The van der Waals surface area contributed by atoms with Gasteiger partial charge in [-0.05, 0) is 31.0 Å². The number of benzene rings is 1.